The van der Waals surface area contributed by atoms with Crippen molar-refractivity contribution in [2.45, 2.75) is 13.0 Å². The third kappa shape index (κ3) is 2.18. The second-order valence-corrected chi connectivity index (χ2v) is 5.32. The molecule has 4 rings (SSSR count). The van der Waals surface area contributed by atoms with Gasteiger partial charge in [0.2, 0.25) is 0 Å². The van der Waals surface area contributed by atoms with Crippen LogP contribution in [0.25, 0.3) is 16.9 Å². The summed E-state index contributed by atoms with van der Waals surface area (Å²) in [6, 6.07) is 6.09. The van der Waals surface area contributed by atoms with Gasteiger partial charge in [0.1, 0.15) is 11.5 Å². The van der Waals surface area contributed by atoms with E-state index in [0.29, 0.717) is 0 Å². The van der Waals surface area contributed by atoms with E-state index >= 15 is 0 Å². The van der Waals surface area contributed by atoms with Crippen molar-refractivity contribution < 1.29 is 0 Å². The summed E-state index contributed by atoms with van der Waals surface area (Å²) >= 11 is 0. The van der Waals surface area contributed by atoms with E-state index in [-0.39, 0.29) is 0 Å². The fraction of sp³-hybridized carbons (Fsp3) is 0.188. The number of fused-ring (bicyclic) bond motifs is 1. The zero-order chi connectivity index (χ0) is 14.9. The summed E-state index contributed by atoms with van der Waals surface area (Å²) in [6.45, 7) is 0.855. The van der Waals surface area contributed by atoms with Crippen molar-refractivity contribution in [2.75, 3.05) is 0 Å². The maximum absolute atomic E-state index is 4.47. The first-order valence-electron chi connectivity index (χ1n) is 7.21. The lowest BCUT2D eigenvalue weighted by Crippen LogP contribution is -2.06. The van der Waals surface area contributed by atoms with Gasteiger partial charge in [0, 0.05) is 37.6 Å². The minimum Gasteiger partial charge on any atom is -0.317 e. The molecule has 0 saturated heterocycles. The second kappa shape index (κ2) is 5.14. The Kier molecular flexibility index (Phi) is 3.00. The molecule has 0 saturated carbocycles. The lowest BCUT2D eigenvalue weighted by Gasteiger charge is -2.09. The minimum atomic E-state index is 0.855. The lowest BCUT2D eigenvalue weighted by atomic mass is 10.2. The molecule has 0 fully saturated rings. The van der Waals surface area contributed by atoms with Gasteiger partial charge in [-0.3, -0.25) is 9.25 Å². The molecule has 0 N–H and O–H groups in total. The SMILES string of the molecule is Cn1cc(CCn2cncc2-n2ccc3cccnc32)cn1. The Bertz CT molecular complexity index is 913. The first-order valence-corrected chi connectivity index (χ1v) is 7.21. The minimum absolute atomic E-state index is 0.855. The number of imidazole rings is 1. The second-order valence-electron chi connectivity index (χ2n) is 5.32. The topological polar surface area (TPSA) is 53.5 Å². The van der Waals surface area contributed by atoms with Crippen LogP contribution < -0.4 is 0 Å². The number of hydrogen-bond acceptors (Lipinski definition) is 3. The van der Waals surface area contributed by atoms with Crippen molar-refractivity contribution >= 4 is 11.0 Å². The molecule has 0 aliphatic heterocycles. The van der Waals surface area contributed by atoms with Crippen LogP contribution in [0.3, 0.4) is 0 Å². The Morgan fingerprint density at radius 1 is 1.18 bits per heavy atom. The zero-order valence-corrected chi connectivity index (χ0v) is 12.3. The predicted octanol–water partition coefficient (Wildman–Crippen LogP) is 2.20. The average molecular weight is 292 g/mol. The number of aryl methyl sites for hydroxylation is 3. The van der Waals surface area contributed by atoms with Gasteiger partial charge < -0.3 is 4.57 Å². The van der Waals surface area contributed by atoms with E-state index in [2.05, 4.69) is 36.3 Å². The molecular weight excluding hydrogens is 276 g/mol. The summed E-state index contributed by atoms with van der Waals surface area (Å²) in [4.78, 5) is 8.76. The molecule has 4 heterocycles. The van der Waals surface area contributed by atoms with Gasteiger partial charge in [-0.15, -0.1) is 0 Å². The summed E-state index contributed by atoms with van der Waals surface area (Å²) in [5.41, 5.74) is 2.17. The van der Waals surface area contributed by atoms with Crippen LogP contribution in [0.1, 0.15) is 5.56 Å². The molecule has 110 valence electrons. The van der Waals surface area contributed by atoms with Crippen molar-refractivity contribution in [3.05, 3.63) is 61.1 Å². The first-order chi connectivity index (χ1) is 10.8. The number of pyridine rings is 1. The van der Waals surface area contributed by atoms with E-state index in [1.165, 1.54) is 5.56 Å². The Labute approximate surface area is 127 Å². The van der Waals surface area contributed by atoms with Gasteiger partial charge in [0.15, 0.2) is 0 Å². The average Bonchev–Trinajstić information content (AvgIpc) is 3.23. The van der Waals surface area contributed by atoms with Crippen LogP contribution in [-0.4, -0.2) is 28.9 Å². The molecule has 22 heavy (non-hydrogen) atoms. The smallest absolute Gasteiger partial charge is 0.145 e. The van der Waals surface area contributed by atoms with E-state index in [0.717, 1.165) is 29.8 Å². The molecular formula is C16H16N6. The molecule has 0 spiro atoms. The van der Waals surface area contributed by atoms with Crippen molar-refractivity contribution in [1.29, 1.82) is 0 Å². The summed E-state index contributed by atoms with van der Waals surface area (Å²) < 4.78 is 6.04. The number of aromatic nitrogens is 6. The van der Waals surface area contributed by atoms with E-state index in [1.807, 2.05) is 55.1 Å². The van der Waals surface area contributed by atoms with Gasteiger partial charge >= 0.3 is 0 Å². The predicted molar refractivity (Wildman–Crippen MR) is 83.8 cm³/mol. The highest BCUT2D eigenvalue weighted by Crippen LogP contribution is 2.18. The maximum Gasteiger partial charge on any atom is 0.145 e. The number of hydrogen-bond donors (Lipinski definition) is 0. The molecule has 0 bridgehead atoms. The van der Waals surface area contributed by atoms with Gasteiger partial charge in [0.25, 0.3) is 0 Å². The van der Waals surface area contributed by atoms with Gasteiger partial charge in [-0.25, -0.2) is 9.97 Å². The Balaban J connectivity index is 1.65. The molecule has 4 aromatic rings. The van der Waals surface area contributed by atoms with Crippen molar-refractivity contribution in [2.24, 2.45) is 7.05 Å². The van der Waals surface area contributed by atoms with Gasteiger partial charge in [-0.1, -0.05) is 0 Å². The summed E-state index contributed by atoms with van der Waals surface area (Å²) in [7, 11) is 1.93. The maximum atomic E-state index is 4.47. The summed E-state index contributed by atoms with van der Waals surface area (Å²) in [6.07, 6.45) is 12.5. The van der Waals surface area contributed by atoms with E-state index < -0.39 is 0 Å². The van der Waals surface area contributed by atoms with Crippen LogP contribution in [0.2, 0.25) is 0 Å². The number of nitrogens with zero attached hydrogens (tertiary/aromatic N) is 6. The Morgan fingerprint density at radius 2 is 2.14 bits per heavy atom. The molecule has 4 aromatic heterocycles. The van der Waals surface area contributed by atoms with Crippen LogP contribution >= 0.6 is 0 Å². The monoisotopic (exact) mass is 292 g/mol. The quantitative estimate of drug-likeness (QED) is 0.579. The summed E-state index contributed by atoms with van der Waals surface area (Å²) in [5, 5.41) is 5.33. The Morgan fingerprint density at radius 3 is 3.00 bits per heavy atom. The molecule has 0 amide bonds. The van der Waals surface area contributed by atoms with Crippen LogP contribution in [0, 0.1) is 0 Å². The van der Waals surface area contributed by atoms with E-state index in [1.54, 1.807) is 0 Å². The van der Waals surface area contributed by atoms with Gasteiger partial charge in [-0.05, 0) is 30.2 Å². The first kappa shape index (κ1) is 12.8. The number of rotatable bonds is 4. The van der Waals surface area contributed by atoms with Crippen molar-refractivity contribution in [3.8, 4) is 5.82 Å². The fourth-order valence-corrected chi connectivity index (χ4v) is 2.69. The largest absolute Gasteiger partial charge is 0.317 e. The molecule has 6 nitrogen and oxygen atoms in total. The highest BCUT2D eigenvalue weighted by atomic mass is 15.2. The van der Waals surface area contributed by atoms with Gasteiger partial charge in [0.05, 0.1) is 18.7 Å². The fourth-order valence-electron chi connectivity index (χ4n) is 2.69. The third-order valence-corrected chi connectivity index (χ3v) is 3.79. The van der Waals surface area contributed by atoms with E-state index in [4.69, 9.17) is 0 Å². The van der Waals surface area contributed by atoms with Crippen LogP contribution in [0.15, 0.2) is 55.5 Å². The molecule has 0 radical (unpaired) electrons. The van der Waals surface area contributed by atoms with Crippen LogP contribution in [-0.2, 0) is 20.0 Å². The molecule has 0 aliphatic rings. The van der Waals surface area contributed by atoms with Crippen LogP contribution in [0.4, 0.5) is 0 Å². The molecule has 0 atom stereocenters. The van der Waals surface area contributed by atoms with Gasteiger partial charge in [-0.2, -0.15) is 5.10 Å². The van der Waals surface area contributed by atoms with Crippen molar-refractivity contribution in [1.82, 2.24) is 28.9 Å². The molecule has 6 heteroatoms. The highest BCUT2D eigenvalue weighted by Gasteiger charge is 2.09. The standard InChI is InChI=1S/C16H16N6/c1-20-11-13(9-19-20)4-7-21-12-17-10-15(21)22-8-5-14-3-2-6-18-16(14)22/h2-3,5-6,8-12H,4,7H2,1H3. The molecule has 0 aliphatic carbocycles. The van der Waals surface area contributed by atoms with Crippen LogP contribution in [0.5, 0.6) is 0 Å². The normalized spacial score (nSPS) is 11.3. The zero-order valence-electron chi connectivity index (χ0n) is 12.3. The molecule has 0 aromatic carbocycles. The summed E-state index contributed by atoms with van der Waals surface area (Å²) in [5.74, 6) is 1.03. The Hall–Kier alpha value is -2.89. The molecule has 0 unspecified atom stereocenters. The third-order valence-electron chi connectivity index (χ3n) is 3.79. The lowest BCUT2D eigenvalue weighted by molar-refractivity contribution is 0.676. The van der Waals surface area contributed by atoms with Crippen molar-refractivity contribution in [3.63, 3.8) is 0 Å². The highest BCUT2D eigenvalue weighted by molar-refractivity contribution is 5.77. The van der Waals surface area contributed by atoms with E-state index in [9.17, 15) is 0 Å².